The molecule has 0 saturated carbocycles. The number of hydrogen-bond donors (Lipinski definition) is 1. The first-order valence-electron chi connectivity index (χ1n) is 10.0. The molecule has 2 aromatic rings. The Morgan fingerprint density at radius 2 is 1.81 bits per heavy atom. The number of nitrogens with one attached hydrogen (secondary N) is 1. The zero-order valence-electron chi connectivity index (χ0n) is 18.5. The highest BCUT2D eigenvalue weighted by Crippen LogP contribution is 2.36. The van der Waals surface area contributed by atoms with E-state index in [1.807, 2.05) is 31.2 Å². The van der Waals surface area contributed by atoms with Crippen LogP contribution in [0.15, 0.2) is 42.5 Å². The molecule has 32 heavy (non-hydrogen) atoms. The van der Waals surface area contributed by atoms with Crippen molar-refractivity contribution in [1.82, 2.24) is 10.2 Å². The number of nitrogens with zero attached hydrogens (tertiary/aromatic N) is 2. The standard InChI is InChI=1S/C22H27N3O6S/c1-15-7-5-6-8-17(15)12-24(16(2)22(27)23-3)21(26)13-25(32(4,28)29)18-9-10-19-20(11-18)31-14-30-19/h5-11,16H,12-14H2,1-4H3,(H,23,27)/t16-/m0/s1. The quantitative estimate of drug-likeness (QED) is 0.641. The van der Waals surface area contributed by atoms with Gasteiger partial charge in [-0.25, -0.2) is 8.42 Å². The Morgan fingerprint density at radius 3 is 2.47 bits per heavy atom. The lowest BCUT2D eigenvalue weighted by molar-refractivity contribution is -0.139. The molecule has 1 aliphatic heterocycles. The van der Waals surface area contributed by atoms with Crippen LogP contribution in [0, 0.1) is 6.92 Å². The topological polar surface area (TPSA) is 105 Å². The van der Waals surface area contributed by atoms with Crippen molar-refractivity contribution in [3.05, 3.63) is 53.6 Å². The van der Waals surface area contributed by atoms with Crippen LogP contribution in [0.25, 0.3) is 0 Å². The van der Waals surface area contributed by atoms with Gasteiger partial charge in [-0.15, -0.1) is 0 Å². The van der Waals surface area contributed by atoms with E-state index in [0.717, 1.165) is 21.7 Å². The molecule has 0 unspecified atom stereocenters. The van der Waals surface area contributed by atoms with Gasteiger partial charge in [-0.3, -0.25) is 13.9 Å². The maximum Gasteiger partial charge on any atom is 0.244 e. The minimum Gasteiger partial charge on any atom is -0.454 e. The molecular weight excluding hydrogens is 434 g/mol. The summed E-state index contributed by atoms with van der Waals surface area (Å²) in [5.74, 6) is 0.0513. The van der Waals surface area contributed by atoms with Crippen molar-refractivity contribution in [2.75, 3.05) is 30.9 Å². The summed E-state index contributed by atoms with van der Waals surface area (Å²) in [5.41, 5.74) is 2.10. The van der Waals surface area contributed by atoms with Gasteiger partial charge >= 0.3 is 0 Å². The second kappa shape index (κ2) is 9.47. The number of ether oxygens (including phenoxy) is 2. The summed E-state index contributed by atoms with van der Waals surface area (Å²) >= 11 is 0. The molecule has 0 aromatic heterocycles. The number of anilines is 1. The molecule has 172 valence electrons. The number of hydrogen-bond acceptors (Lipinski definition) is 6. The third-order valence-corrected chi connectivity index (χ3v) is 6.48. The number of benzene rings is 2. The molecule has 1 N–H and O–H groups in total. The molecule has 10 heteroatoms. The number of likely N-dealkylation sites (N-methyl/N-ethyl adjacent to an activating group) is 1. The van der Waals surface area contributed by atoms with Crippen molar-refractivity contribution in [1.29, 1.82) is 0 Å². The van der Waals surface area contributed by atoms with Crippen LogP contribution in [-0.2, 0) is 26.2 Å². The first-order chi connectivity index (χ1) is 15.1. The molecule has 0 saturated heterocycles. The van der Waals surface area contributed by atoms with Crippen molar-refractivity contribution >= 4 is 27.5 Å². The van der Waals surface area contributed by atoms with Crippen LogP contribution in [0.1, 0.15) is 18.1 Å². The third kappa shape index (κ3) is 5.13. The smallest absolute Gasteiger partial charge is 0.244 e. The van der Waals surface area contributed by atoms with Gasteiger partial charge in [0.15, 0.2) is 11.5 Å². The van der Waals surface area contributed by atoms with Crippen molar-refractivity contribution in [2.24, 2.45) is 0 Å². The fraction of sp³-hybridized carbons (Fsp3) is 0.364. The predicted octanol–water partition coefficient (Wildman–Crippen LogP) is 1.65. The fourth-order valence-corrected chi connectivity index (χ4v) is 4.26. The monoisotopic (exact) mass is 461 g/mol. The minimum atomic E-state index is -3.81. The average Bonchev–Trinajstić information content (AvgIpc) is 3.22. The molecular formula is C22H27N3O6S. The lowest BCUT2D eigenvalue weighted by Gasteiger charge is -2.31. The summed E-state index contributed by atoms with van der Waals surface area (Å²) in [6.07, 6.45) is 1.03. The molecule has 2 aromatic carbocycles. The van der Waals surface area contributed by atoms with Gasteiger partial charge in [0, 0.05) is 19.7 Å². The average molecular weight is 462 g/mol. The predicted molar refractivity (Wildman–Crippen MR) is 120 cm³/mol. The number of carbonyl (C=O) groups excluding carboxylic acids is 2. The van der Waals surface area contributed by atoms with E-state index < -0.39 is 28.5 Å². The molecule has 0 radical (unpaired) electrons. The Kier molecular flexibility index (Phi) is 6.93. The Labute approximate surface area is 188 Å². The van der Waals surface area contributed by atoms with Crippen molar-refractivity contribution < 1.29 is 27.5 Å². The first kappa shape index (κ1) is 23.4. The van der Waals surface area contributed by atoms with Crippen LogP contribution in [0.5, 0.6) is 11.5 Å². The number of amides is 2. The normalized spacial score (nSPS) is 13.4. The Hall–Kier alpha value is -3.27. The number of rotatable bonds is 8. The van der Waals surface area contributed by atoms with Crippen LogP contribution >= 0.6 is 0 Å². The summed E-state index contributed by atoms with van der Waals surface area (Å²) in [6, 6.07) is 11.4. The molecule has 3 rings (SSSR count). The van der Waals surface area contributed by atoms with Gasteiger partial charge in [0.2, 0.25) is 28.6 Å². The zero-order valence-corrected chi connectivity index (χ0v) is 19.3. The van der Waals surface area contributed by atoms with Gasteiger partial charge in [0.25, 0.3) is 0 Å². The van der Waals surface area contributed by atoms with Crippen LogP contribution in [0.2, 0.25) is 0 Å². The number of carbonyl (C=O) groups is 2. The summed E-state index contributed by atoms with van der Waals surface area (Å²) in [5, 5.41) is 2.55. The molecule has 9 nitrogen and oxygen atoms in total. The fourth-order valence-electron chi connectivity index (χ4n) is 3.42. The molecule has 0 spiro atoms. The van der Waals surface area contributed by atoms with E-state index in [2.05, 4.69) is 5.32 Å². The first-order valence-corrected chi connectivity index (χ1v) is 11.9. The summed E-state index contributed by atoms with van der Waals surface area (Å²) in [7, 11) is -2.32. The highest BCUT2D eigenvalue weighted by atomic mass is 32.2. The van der Waals surface area contributed by atoms with Gasteiger partial charge in [-0.2, -0.15) is 0 Å². The highest BCUT2D eigenvalue weighted by Gasteiger charge is 2.30. The van der Waals surface area contributed by atoms with E-state index >= 15 is 0 Å². The van der Waals surface area contributed by atoms with Gasteiger partial charge in [-0.05, 0) is 37.1 Å². The van der Waals surface area contributed by atoms with Crippen molar-refractivity contribution in [2.45, 2.75) is 26.4 Å². The van der Waals surface area contributed by atoms with Crippen molar-refractivity contribution in [3.63, 3.8) is 0 Å². The van der Waals surface area contributed by atoms with E-state index in [-0.39, 0.29) is 24.9 Å². The zero-order chi connectivity index (χ0) is 23.5. The molecule has 0 aliphatic carbocycles. The number of aryl methyl sites for hydroxylation is 1. The molecule has 1 atom stereocenters. The van der Waals surface area contributed by atoms with Gasteiger partial charge in [0.05, 0.1) is 11.9 Å². The highest BCUT2D eigenvalue weighted by molar-refractivity contribution is 7.92. The second-order valence-electron chi connectivity index (χ2n) is 7.55. The molecule has 1 heterocycles. The Bertz CT molecular complexity index is 1120. The van der Waals surface area contributed by atoms with Gasteiger partial charge in [0.1, 0.15) is 12.6 Å². The summed E-state index contributed by atoms with van der Waals surface area (Å²) in [4.78, 5) is 27.1. The molecule has 2 amide bonds. The van der Waals surface area contributed by atoms with Crippen LogP contribution in [0.4, 0.5) is 5.69 Å². The second-order valence-corrected chi connectivity index (χ2v) is 9.45. The minimum absolute atomic E-state index is 0.0461. The molecule has 0 fully saturated rings. The summed E-state index contributed by atoms with van der Waals surface area (Å²) < 4.78 is 36.7. The molecule has 0 bridgehead atoms. The van der Waals surface area contributed by atoms with E-state index in [1.165, 1.54) is 18.0 Å². The maximum absolute atomic E-state index is 13.4. The number of fused-ring (bicyclic) bond motifs is 1. The number of sulfonamides is 1. The van der Waals surface area contributed by atoms with Crippen LogP contribution < -0.4 is 19.1 Å². The lowest BCUT2D eigenvalue weighted by atomic mass is 10.1. The Morgan fingerprint density at radius 1 is 1.12 bits per heavy atom. The van der Waals surface area contributed by atoms with E-state index in [1.54, 1.807) is 19.1 Å². The van der Waals surface area contributed by atoms with Crippen LogP contribution in [0.3, 0.4) is 0 Å². The largest absolute Gasteiger partial charge is 0.454 e. The van der Waals surface area contributed by atoms with Gasteiger partial charge in [-0.1, -0.05) is 24.3 Å². The molecule has 1 aliphatic rings. The third-order valence-electron chi connectivity index (χ3n) is 5.34. The summed E-state index contributed by atoms with van der Waals surface area (Å²) in [6.45, 7) is 3.27. The van der Waals surface area contributed by atoms with Crippen molar-refractivity contribution in [3.8, 4) is 11.5 Å². The van der Waals surface area contributed by atoms with Crippen LogP contribution in [-0.4, -0.2) is 57.8 Å². The SMILES string of the molecule is CNC(=O)[C@H](C)N(Cc1ccccc1C)C(=O)CN(c1ccc2c(c1)OCO2)S(C)(=O)=O. The van der Waals surface area contributed by atoms with E-state index in [9.17, 15) is 18.0 Å². The Balaban J connectivity index is 1.92. The lowest BCUT2D eigenvalue weighted by Crippen LogP contribution is -2.50. The van der Waals surface area contributed by atoms with E-state index in [4.69, 9.17) is 9.47 Å². The van der Waals surface area contributed by atoms with Gasteiger partial charge < -0.3 is 19.7 Å². The van der Waals surface area contributed by atoms with E-state index in [0.29, 0.717) is 11.5 Å². The maximum atomic E-state index is 13.4.